The molecular formula is C21H25ClN2O2. The number of benzene rings is 1. The molecule has 2 aliphatic rings. The first-order valence-electron chi connectivity index (χ1n) is 9.71. The summed E-state index contributed by atoms with van der Waals surface area (Å²) in [5, 5.41) is 0.642. The molecule has 1 amide bonds. The summed E-state index contributed by atoms with van der Waals surface area (Å²) < 4.78 is 5.83. The highest BCUT2D eigenvalue weighted by Crippen LogP contribution is 2.35. The molecule has 0 N–H and O–H groups in total. The predicted octanol–water partition coefficient (Wildman–Crippen LogP) is 5.11. The fraction of sp³-hybridized carbons (Fsp3) is 0.524. The number of carbonyl (C=O) groups excluding carboxylic acids is 1. The second kappa shape index (κ2) is 7.83. The molecule has 2 atom stereocenters. The summed E-state index contributed by atoms with van der Waals surface area (Å²) in [6.07, 6.45) is 10.2. The molecule has 2 aromatic rings. The van der Waals surface area contributed by atoms with E-state index >= 15 is 0 Å². The van der Waals surface area contributed by atoms with Gasteiger partial charge in [0.15, 0.2) is 11.7 Å². The predicted molar refractivity (Wildman–Crippen MR) is 102 cm³/mol. The zero-order valence-corrected chi connectivity index (χ0v) is 15.8. The van der Waals surface area contributed by atoms with Crippen molar-refractivity contribution < 1.29 is 9.21 Å². The molecule has 26 heavy (non-hydrogen) atoms. The zero-order valence-electron chi connectivity index (χ0n) is 15.0. The Labute approximate surface area is 159 Å². The van der Waals surface area contributed by atoms with Gasteiger partial charge in [0.1, 0.15) is 0 Å². The third-order valence-electron chi connectivity index (χ3n) is 5.81. The lowest BCUT2D eigenvalue weighted by Gasteiger charge is -2.44. The molecule has 5 heteroatoms. The Kier molecular flexibility index (Phi) is 5.30. The van der Waals surface area contributed by atoms with Crippen molar-refractivity contribution in [2.45, 2.75) is 57.4 Å². The molecule has 0 spiro atoms. The Hall–Kier alpha value is -1.81. The first-order chi connectivity index (χ1) is 12.7. The van der Waals surface area contributed by atoms with E-state index in [0.29, 0.717) is 35.6 Å². The number of hydrogen-bond acceptors (Lipinski definition) is 3. The van der Waals surface area contributed by atoms with E-state index in [9.17, 15) is 4.79 Å². The van der Waals surface area contributed by atoms with Gasteiger partial charge in [0.05, 0.1) is 11.2 Å². The minimum atomic E-state index is 0.249. The summed E-state index contributed by atoms with van der Waals surface area (Å²) in [7, 11) is 0. The van der Waals surface area contributed by atoms with Gasteiger partial charge >= 0.3 is 0 Å². The Morgan fingerprint density at radius 3 is 2.88 bits per heavy atom. The van der Waals surface area contributed by atoms with E-state index in [2.05, 4.69) is 9.88 Å². The Bertz CT molecular complexity index is 771. The molecule has 2 heterocycles. The van der Waals surface area contributed by atoms with Gasteiger partial charge in [0.2, 0.25) is 5.91 Å². The number of fused-ring (bicyclic) bond motifs is 1. The van der Waals surface area contributed by atoms with Crippen molar-refractivity contribution in [3.63, 3.8) is 0 Å². The normalized spacial score (nSPS) is 22.9. The Balaban J connectivity index is 1.38. The molecule has 2 unspecified atom stereocenters. The van der Waals surface area contributed by atoms with E-state index < -0.39 is 0 Å². The van der Waals surface area contributed by atoms with Crippen LogP contribution in [0.5, 0.6) is 0 Å². The van der Waals surface area contributed by atoms with E-state index in [4.69, 9.17) is 16.0 Å². The molecular weight excluding hydrogens is 348 g/mol. The van der Waals surface area contributed by atoms with Gasteiger partial charge < -0.3 is 9.32 Å². The lowest BCUT2D eigenvalue weighted by molar-refractivity contribution is -0.137. The lowest BCUT2D eigenvalue weighted by atomic mass is 9.78. The minimum absolute atomic E-state index is 0.249. The van der Waals surface area contributed by atoms with Crippen molar-refractivity contribution in [3.8, 4) is 11.3 Å². The number of carbonyl (C=O) groups is 1. The molecule has 4 rings (SSSR count). The molecule has 1 aromatic carbocycles. The van der Waals surface area contributed by atoms with Gasteiger partial charge in [-0.2, -0.15) is 0 Å². The second-order valence-corrected chi connectivity index (χ2v) is 7.85. The summed E-state index contributed by atoms with van der Waals surface area (Å²) in [6.45, 7) is 0.913. The van der Waals surface area contributed by atoms with E-state index in [1.54, 1.807) is 6.20 Å². The molecule has 1 aliphatic heterocycles. The SMILES string of the molecule is O=C(CCc1ncc(-c2ccccc2Cl)o1)N1CCCC2CCCCC21. The summed E-state index contributed by atoms with van der Waals surface area (Å²) in [6, 6.07) is 8.02. The van der Waals surface area contributed by atoms with Crippen LogP contribution in [0.2, 0.25) is 5.02 Å². The van der Waals surface area contributed by atoms with Gasteiger partial charge in [-0.15, -0.1) is 0 Å². The van der Waals surface area contributed by atoms with E-state index in [-0.39, 0.29) is 5.91 Å². The number of piperidine rings is 1. The molecule has 4 nitrogen and oxygen atoms in total. The molecule has 0 bridgehead atoms. The van der Waals surface area contributed by atoms with Gasteiger partial charge in [0.25, 0.3) is 0 Å². The van der Waals surface area contributed by atoms with Crippen LogP contribution >= 0.6 is 11.6 Å². The first-order valence-corrected chi connectivity index (χ1v) is 10.1. The van der Waals surface area contributed by atoms with Crippen molar-refractivity contribution in [2.24, 2.45) is 5.92 Å². The van der Waals surface area contributed by atoms with E-state index in [1.165, 1.54) is 32.1 Å². The number of oxazole rings is 1. The molecule has 2 fully saturated rings. The molecule has 1 aliphatic carbocycles. The summed E-state index contributed by atoms with van der Waals surface area (Å²) >= 11 is 6.21. The fourth-order valence-electron chi connectivity index (χ4n) is 4.50. The largest absolute Gasteiger partial charge is 0.441 e. The highest BCUT2D eigenvalue weighted by Gasteiger charge is 2.35. The second-order valence-electron chi connectivity index (χ2n) is 7.44. The number of likely N-dealkylation sites (tertiary alicyclic amines) is 1. The van der Waals surface area contributed by atoms with Crippen molar-refractivity contribution in [1.82, 2.24) is 9.88 Å². The number of halogens is 1. The van der Waals surface area contributed by atoms with Crippen LogP contribution in [0, 0.1) is 5.92 Å². The zero-order chi connectivity index (χ0) is 17.9. The number of aryl methyl sites for hydroxylation is 1. The fourth-order valence-corrected chi connectivity index (χ4v) is 4.73. The standard InChI is InChI=1S/C21H25ClN2O2/c22-17-9-3-2-8-16(17)19-14-23-20(26-19)11-12-21(25)24-13-5-7-15-6-1-4-10-18(15)24/h2-3,8-9,14-15,18H,1,4-7,10-13H2. The van der Waals surface area contributed by atoms with Crippen molar-refractivity contribution in [1.29, 1.82) is 0 Å². The molecule has 138 valence electrons. The molecule has 1 saturated heterocycles. The van der Waals surface area contributed by atoms with Crippen molar-refractivity contribution >= 4 is 17.5 Å². The number of amides is 1. The minimum Gasteiger partial charge on any atom is -0.441 e. The number of hydrogen-bond donors (Lipinski definition) is 0. The van der Waals surface area contributed by atoms with Crippen LogP contribution in [0.4, 0.5) is 0 Å². The average molecular weight is 373 g/mol. The maximum atomic E-state index is 12.8. The van der Waals surface area contributed by atoms with Crippen LogP contribution in [-0.4, -0.2) is 28.4 Å². The van der Waals surface area contributed by atoms with Crippen LogP contribution in [0.15, 0.2) is 34.9 Å². The maximum Gasteiger partial charge on any atom is 0.223 e. The first kappa shape index (κ1) is 17.6. The van der Waals surface area contributed by atoms with Crippen LogP contribution in [0.25, 0.3) is 11.3 Å². The van der Waals surface area contributed by atoms with Gasteiger partial charge in [-0.25, -0.2) is 4.98 Å². The summed E-state index contributed by atoms with van der Waals surface area (Å²) in [5.74, 6) is 2.22. The van der Waals surface area contributed by atoms with Crippen LogP contribution in [0.1, 0.15) is 50.8 Å². The highest BCUT2D eigenvalue weighted by molar-refractivity contribution is 6.33. The van der Waals surface area contributed by atoms with Gasteiger partial charge in [-0.3, -0.25) is 4.79 Å². The van der Waals surface area contributed by atoms with Gasteiger partial charge in [-0.05, 0) is 43.7 Å². The number of rotatable bonds is 4. The molecule has 1 aromatic heterocycles. The third-order valence-corrected chi connectivity index (χ3v) is 6.14. The quantitative estimate of drug-likeness (QED) is 0.749. The molecule has 1 saturated carbocycles. The summed E-state index contributed by atoms with van der Waals surface area (Å²) in [5.41, 5.74) is 0.834. The van der Waals surface area contributed by atoms with E-state index in [0.717, 1.165) is 24.4 Å². The van der Waals surface area contributed by atoms with Crippen LogP contribution in [-0.2, 0) is 11.2 Å². The topological polar surface area (TPSA) is 46.3 Å². The van der Waals surface area contributed by atoms with E-state index in [1.807, 2.05) is 24.3 Å². The Morgan fingerprint density at radius 2 is 2.00 bits per heavy atom. The maximum absolute atomic E-state index is 12.8. The monoisotopic (exact) mass is 372 g/mol. The summed E-state index contributed by atoms with van der Waals surface area (Å²) in [4.78, 5) is 19.3. The van der Waals surface area contributed by atoms with Gasteiger partial charge in [0, 0.05) is 31.0 Å². The van der Waals surface area contributed by atoms with Gasteiger partial charge in [-0.1, -0.05) is 36.6 Å². The number of aromatic nitrogens is 1. The third kappa shape index (κ3) is 3.66. The highest BCUT2D eigenvalue weighted by atomic mass is 35.5. The van der Waals surface area contributed by atoms with Crippen molar-refractivity contribution in [2.75, 3.05) is 6.54 Å². The Morgan fingerprint density at radius 1 is 1.19 bits per heavy atom. The number of nitrogens with zero attached hydrogens (tertiary/aromatic N) is 2. The smallest absolute Gasteiger partial charge is 0.223 e. The lowest BCUT2D eigenvalue weighted by Crippen LogP contribution is -2.49. The average Bonchev–Trinajstić information content (AvgIpc) is 3.15. The van der Waals surface area contributed by atoms with Crippen LogP contribution in [0.3, 0.4) is 0 Å². The van der Waals surface area contributed by atoms with Crippen LogP contribution < -0.4 is 0 Å². The molecule has 0 radical (unpaired) electrons. The van der Waals surface area contributed by atoms with Crippen molar-refractivity contribution in [3.05, 3.63) is 41.4 Å².